The molecule has 0 spiro atoms. The van der Waals surface area contributed by atoms with Crippen LogP contribution in [0.4, 0.5) is 5.82 Å². The Morgan fingerprint density at radius 1 is 1.14 bits per heavy atom. The van der Waals surface area contributed by atoms with E-state index >= 15 is 0 Å². The van der Waals surface area contributed by atoms with Crippen molar-refractivity contribution in [1.82, 2.24) is 19.5 Å². The van der Waals surface area contributed by atoms with Gasteiger partial charge in [-0.05, 0) is 59.1 Å². The fourth-order valence-corrected chi connectivity index (χ4v) is 4.48. The number of fused-ring (bicyclic) bond motifs is 1. The van der Waals surface area contributed by atoms with E-state index in [0.29, 0.717) is 18.0 Å². The van der Waals surface area contributed by atoms with E-state index in [0.717, 1.165) is 24.4 Å². The van der Waals surface area contributed by atoms with Gasteiger partial charge >= 0.3 is 0 Å². The monoisotopic (exact) mass is 423 g/mol. The largest absolute Gasteiger partial charge is 0.367 e. The second kappa shape index (κ2) is 8.89. The normalized spacial score (nSPS) is 11.6. The molecule has 0 aliphatic carbocycles. The van der Waals surface area contributed by atoms with Crippen molar-refractivity contribution in [3.63, 3.8) is 0 Å². The number of rotatable bonds is 7. The van der Waals surface area contributed by atoms with Crippen LogP contribution in [-0.4, -0.2) is 55.1 Å². The van der Waals surface area contributed by atoms with E-state index in [1.54, 1.807) is 34.8 Å². The molecule has 28 heavy (non-hydrogen) atoms. The van der Waals surface area contributed by atoms with Gasteiger partial charge in [0, 0.05) is 17.9 Å². The van der Waals surface area contributed by atoms with Crippen LogP contribution in [0.2, 0.25) is 0 Å². The predicted octanol–water partition coefficient (Wildman–Crippen LogP) is 2.96. The van der Waals surface area contributed by atoms with Gasteiger partial charge in [0.15, 0.2) is 16.4 Å². The van der Waals surface area contributed by atoms with Crippen molar-refractivity contribution in [2.24, 2.45) is 0 Å². The third-order valence-corrected chi connectivity index (χ3v) is 6.06. The van der Waals surface area contributed by atoms with Crippen molar-refractivity contribution in [3.8, 4) is 0 Å². The Balaban J connectivity index is 0.00000280. The summed E-state index contributed by atoms with van der Waals surface area (Å²) < 4.78 is 28.3. The number of hydrogen-bond acceptors (Lipinski definition) is 6. The molecule has 0 atom stereocenters. The minimum absolute atomic E-state index is 0. The fourth-order valence-electron chi connectivity index (χ4n) is 2.98. The highest BCUT2D eigenvalue weighted by Crippen LogP contribution is 2.31. The van der Waals surface area contributed by atoms with Crippen molar-refractivity contribution < 1.29 is 8.42 Å². The number of nitrogens with one attached hydrogen (secondary N) is 1. The molecule has 3 aromatic rings. The van der Waals surface area contributed by atoms with E-state index < -0.39 is 9.84 Å². The Morgan fingerprint density at radius 3 is 2.46 bits per heavy atom. The van der Waals surface area contributed by atoms with Crippen LogP contribution < -0.4 is 5.32 Å². The van der Waals surface area contributed by atoms with Gasteiger partial charge in [-0.25, -0.2) is 17.9 Å². The lowest BCUT2D eigenvalue weighted by atomic mass is 10.3. The molecule has 0 saturated carbocycles. The number of aryl methyl sites for hydroxylation is 2. The molecule has 0 radical (unpaired) electrons. The van der Waals surface area contributed by atoms with Crippen LogP contribution in [0.25, 0.3) is 5.65 Å². The molecule has 9 heteroatoms. The number of nitrogens with zero attached hydrogens (tertiary/aromatic N) is 4. The highest BCUT2D eigenvalue weighted by Gasteiger charge is 2.29. The SMILES string of the molecule is Cc1cc(C)n2nc(NCCCN(C)C)c(S(=O)(=O)c3ccccc3)c2n1.Cl. The molecular weight excluding hydrogens is 398 g/mol. The molecule has 0 fully saturated rings. The van der Waals surface area contributed by atoms with Gasteiger partial charge in [-0.1, -0.05) is 18.2 Å². The smallest absolute Gasteiger partial charge is 0.214 e. The predicted molar refractivity (Wildman–Crippen MR) is 113 cm³/mol. The molecule has 0 bridgehead atoms. The van der Waals surface area contributed by atoms with Crippen LogP contribution in [-0.2, 0) is 9.84 Å². The Hall–Kier alpha value is -2.16. The maximum atomic E-state index is 13.4. The first-order valence-electron chi connectivity index (χ1n) is 8.86. The van der Waals surface area contributed by atoms with Crippen molar-refractivity contribution in [3.05, 3.63) is 47.8 Å². The lowest BCUT2D eigenvalue weighted by Gasteiger charge is -2.10. The first kappa shape index (κ1) is 22.1. The molecular formula is C19H26ClN5O2S. The van der Waals surface area contributed by atoms with Gasteiger partial charge in [0.25, 0.3) is 0 Å². The maximum absolute atomic E-state index is 13.4. The average Bonchev–Trinajstić information content (AvgIpc) is 2.98. The molecule has 0 unspecified atom stereocenters. The topological polar surface area (TPSA) is 79.6 Å². The molecule has 1 aromatic carbocycles. The number of aromatic nitrogens is 3. The third kappa shape index (κ3) is 4.45. The van der Waals surface area contributed by atoms with Crippen molar-refractivity contribution in [1.29, 1.82) is 0 Å². The van der Waals surface area contributed by atoms with Gasteiger partial charge in [0.1, 0.15) is 0 Å². The Kier molecular flexibility index (Phi) is 7.03. The molecule has 0 saturated heterocycles. The van der Waals surface area contributed by atoms with E-state index in [1.165, 1.54) is 0 Å². The fraction of sp³-hybridized carbons (Fsp3) is 0.368. The Bertz CT molecular complexity index is 1050. The van der Waals surface area contributed by atoms with E-state index in [2.05, 4.69) is 20.3 Å². The van der Waals surface area contributed by atoms with Crippen LogP contribution in [0.15, 0.2) is 46.2 Å². The quantitative estimate of drug-likeness (QED) is 0.588. The molecule has 0 amide bonds. The zero-order chi connectivity index (χ0) is 19.6. The highest BCUT2D eigenvalue weighted by molar-refractivity contribution is 7.91. The van der Waals surface area contributed by atoms with Crippen molar-refractivity contribution in [2.45, 2.75) is 30.1 Å². The van der Waals surface area contributed by atoms with E-state index in [9.17, 15) is 8.42 Å². The minimum atomic E-state index is -3.76. The van der Waals surface area contributed by atoms with Crippen LogP contribution in [0, 0.1) is 13.8 Å². The zero-order valence-electron chi connectivity index (χ0n) is 16.5. The average molecular weight is 424 g/mol. The molecule has 1 N–H and O–H groups in total. The van der Waals surface area contributed by atoms with Crippen molar-refractivity contribution >= 4 is 33.7 Å². The van der Waals surface area contributed by atoms with Gasteiger partial charge in [0.2, 0.25) is 9.84 Å². The van der Waals surface area contributed by atoms with Gasteiger partial charge in [-0.3, -0.25) is 0 Å². The first-order chi connectivity index (χ1) is 12.8. The summed E-state index contributed by atoms with van der Waals surface area (Å²) in [7, 11) is 0.254. The maximum Gasteiger partial charge on any atom is 0.214 e. The van der Waals surface area contributed by atoms with E-state index in [-0.39, 0.29) is 22.2 Å². The molecule has 2 aromatic heterocycles. The minimum Gasteiger partial charge on any atom is -0.367 e. The summed E-state index contributed by atoms with van der Waals surface area (Å²) in [4.78, 5) is 6.93. The summed E-state index contributed by atoms with van der Waals surface area (Å²) in [6.07, 6.45) is 0.872. The molecule has 3 rings (SSSR count). The summed E-state index contributed by atoms with van der Waals surface area (Å²) in [5.41, 5.74) is 1.94. The third-order valence-electron chi connectivity index (χ3n) is 4.25. The number of sulfone groups is 1. The van der Waals surface area contributed by atoms with Crippen LogP contribution >= 0.6 is 12.4 Å². The van der Waals surface area contributed by atoms with Crippen LogP contribution in [0.3, 0.4) is 0 Å². The summed E-state index contributed by atoms with van der Waals surface area (Å²) >= 11 is 0. The second-order valence-electron chi connectivity index (χ2n) is 6.85. The number of hydrogen-bond donors (Lipinski definition) is 1. The highest BCUT2D eigenvalue weighted by atomic mass is 35.5. The Morgan fingerprint density at radius 2 is 1.82 bits per heavy atom. The van der Waals surface area contributed by atoms with E-state index in [1.807, 2.05) is 34.0 Å². The van der Waals surface area contributed by atoms with Crippen LogP contribution in [0.5, 0.6) is 0 Å². The number of benzene rings is 1. The summed E-state index contributed by atoms with van der Waals surface area (Å²) in [6, 6.07) is 10.3. The lowest BCUT2D eigenvalue weighted by Crippen LogP contribution is -2.17. The standard InChI is InChI=1S/C19H25N5O2S.ClH/c1-14-13-15(2)24-19(21-14)17(18(22-24)20-11-8-12-23(3)4)27(25,26)16-9-6-5-7-10-16;/h5-7,9-10,13H,8,11-12H2,1-4H3,(H,20,22);1H. The molecule has 152 valence electrons. The molecule has 2 heterocycles. The van der Waals surface area contributed by atoms with Gasteiger partial charge in [0.05, 0.1) is 4.90 Å². The first-order valence-corrected chi connectivity index (χ1v) is 10.3. The number of halogens is 1. The molecule has 0 aliphatic rings. The number of anilines is 1. The Labute approximate surface area is 172 Å². The van der Waals surface area contributed by atoms with Gasteiger partial charge < -0.3 is 10.2 Å². The second-order valence-corrected chi connectivity index (χ2v) is 8.74. The van der Waals surface area contributed by atoms with Gasteiger partial charge in [-0.2, -0.15) is 0 Å². The molecule has 0 aliphatic heterocycles. The zero-order valence-corrected chi connectivity index (χ0v) is 18.1. The molecule has 7 nitrogen and oxygen atoms in total. The summed E-state index contributed by atoms with van der Waals surface area (Å²) in [5.74, 6) is 0.346. The lowest BCUT2D eigenvalue weighted by molar-refractivity contribution is 0.405. The van der Waals surface area contributed by atoms with Gasteiger partial charge in [-0.15, -0.1) is 17.5 Å². The summed E-state index contributed by atoms with van der Waals surface area (Å²) in [6.45, 7) is 5.27. The van der Waals surface area contributed by atoms with Crippen molar-refractivity contribution in [2.75, 3.05) is 32.5 Å². The van der Waals surface area contributed by atoms with Crippen LogP contribution in [0.1, 0.15) is 17.8 Å². The van der Waals surface area contributed by atoms with E-state index in [4.69, 9.17) is 0 Å². The summed E-state index contributed by atoms with van der Waals surface area (Å²) in [5, 5.41) is 7.71.